The van der Waals surface area contributed by atoms with Crippen LogP contribution in [0.5, 0.6) is 0 Å². The van der Waals surface area contributed by atoms with Gasteiger partial charge in [0.2, 0.25) is 0 Å². The van der Waals surface area contributed by atoms with Crippen LogP contribution in [0.25, 0.3) is 11.0 Å². The third kappa shape index (κ3) is 1.60. The van der Waals surface area contributed by atoms with Crippen molar-refractivity contribution in [3.05, 3.63) is 39.6 Å². The lowest BCUT2D eigenvalue weighted by molar-refractivity contribution is 0.101. The quantitative estimate of drug-likeness (QED) is 0.742. The predicted molar refractivity (Wildman–Crippen MR) is 57.1 cm³/mol. The number of fused-ring (bicyclic) bond motifs is 1. The van der Waals surface area contributed by atoms with Crippen LogP contribution in [0.3, 0.4) is 0 Å². The monoisotopic (exact) mass is 220 g/mol. The van der Waals surface area contributed by atoms with E-state index in [0.29, 0.717) is 5.39 Å². The SMILES string of the molecule is CC(=O)c1cc2cc(F)c(C)nc2[nH]c1=O. The van der Waals surface area contributed by atoms with Crippen LogP contribution in [0.2, 0.25) is 0 Å². The fraction of sp³-hybridized carbons (Fsp3) is 0.182. The summed E-state index contributed by atoms with van der Waals surface area (Å²) in [6.07, 6.45) is 0. The average Bonchev–Trinajstić information content (AvgIpc) is 2.19. The summed E-state index contributed by atoms with van der Waals surface area (Å²) in [5.74, 6) is -0.821. The maximum Gasteiger partial charge on any atom is 0.260 e. The van der Waals surface area contributed by atoms with Crippen molar-refractivity contribution in [3.8, 4) is 0 Å². The summed E-state index contributed by atoms with van der Waals surface area (Å²) < 4.78 is 13.2. The van der Waals surface area contributed by atoms with Gasteiger partial charge in [0.05, 0.1) is 11.3 Å². The van der Waals surface area contributed by atoms with Gasteiger partial charge in [-0.3, -0.25) is 9.59 Å². The number of H-pyrrole nitrogens is 1. The van der Waals surface area contributed by atoms with Gasteiger partial charge in [0, 0.05) is 5.39 Å². The first-order chi connectivity index (χ1) is 7.49. The Morgan fingerprint density at radius 2 is 2.12 bits per heavy atom. The van der Waals surface area contributed by atoms with Crippen molar-refractivity contribution >= 4 is 16.8 Å². The Kier molecular flexibility index (Phi) is 2.30. The van der Waals surface area contributed by atoms with Crippen LogP contribution < -0.4 is 5.56 Å². The minimum atomic E-state index is -0.501. The highest BCUT2D eigenvalue weighted by Gasteiger charge is 2.09. The second-order valence-electron chi connectivity index (χ2n) is 3.56. The Balaban J connectivity index is 2.85. The molecular weight excluding hydrogens is 211 g/mol. The molecule has 2 aromatic rings. The van der Waals surface area contributed by atoms with Crippen molar-refractivity contribution in [2.75, 3.05) is 0 Å². The maximum atomic E-state index is 13.2. The van der Waals surface area contributed by atoms with Gasteiger partial charge < -0.3 is 4.98 Å². The number of carbonyl (C=O) groups excluding carboxylic acids is 1. The molecule has 0 unspecified atom stereocenters. The lowest BCUT2D eigenvalue weighted by Gasteiger charge is -2.02. The number of ketones is 1. The van der Waals surface area contributed by atoms with E-state index in [1.54, 1.807) is 0 Å². The molecule has 0 fully saturated rings. The highest BCUT2D eigenvalue weighted by Crippen LogP contribution is 2.13. The number of halogens is 1. The Bertz CT molecular complexity index is 646. The molecule has 0 saturated heterocycles. The normalized spacial score (nSPS) is 10.7. The number of carbonyl (C=O) groups is 1. The number of nitrogens with one attached hydrogen (secondary N) is 1. The van der Waals surface area contributed by atoms with Crippen LogP contribution in [-0.2, 0) is 0 Å². The number of hydrogen-bond donors (Lipinski definition) is 1. The molecule has 0 bridgehead atoms. The number of rotatable bonds is 1. The third-order valence-electron chi connectivity index (χ3n) is 2.34. The molecule has 0 amide bonds. The van der Waals surface area contributed by atoms with Crippen molar-refractivity contribution in [2.45, 2.75) is 13.8 Å². The zero-order valence-electron chi connectivity index (χ0n) is 8.80. The fourth-order valence-electron chi connectivity index (χ4n) is 1.46. The van der Waals surface area contributed by atoms with Gasteiger partial charge in [-0.2, -0.15) is 0 Å². The molecule has 82 valence electrons. The van der Waals surface area contributed by atoms with E-state index >= 15 is 0 Å². The summed E-state index contributed by atoms with van der Waals surface area (Å²) in [6, 6.07) is 2.60. The van der Waals surface area contributed by atoms with Crippen LogP contribution in [0.15, 0.2) is 16.9 Å². The molecule has 0 spiro atoms. The second kappa shape index (κ2) is 3.52. The molecule has 4 nitrogen and oxygen atoms in total. The van der Waals surface area contributed by atoms with Gasteiger partial charge in [-0.05, 0) is 26.0 Å². The largest absolute Gasteiger partial charge is 0.306 e. The molecule has 0 atom stereocenters. The van der Waals surface area contributed by atoms with E-state index in [2.05, 4.69) is 9.97 Å². The lowest BCUT2D eigenvalue weighted by Crippen LogP contribution is -2.16. The summed E-state index contributed by atoms with van der Waals surface area (Å²) in [6.45, 7) is 2.79. The van der Waals surface area contributed by atoms with Crippen LogP contribution in [-0.4, -0.2) is 15.8 Å². The number of pyridine rings is 2. The summed E-state index contributed by atoms with van der Waals surface area (Å²) in [5.41, 5.74) is 0.00341. The van der Waals surface area contributed by atoms with Crippen LogP contribution in [0, 0.1) is 12.7 Å². The lowest BCUT2D eigenvalue weighted by atomic mass is 10.1. The number of aromatic amines is 1. The first-order valence-electron chi connectivity index (χ1n) is 4.70. The minimum Gasteiger partial charge on any atom is -0.306 e. The van der Waals surface area contributed by atoms with Gasteiger partial charge in [-0.1, -0.05) is 0 Å². The molecule has 2 rings (SSSR count). The van der Waals surface area contributed by atoms with Crippen LogP contribution in [0.1, 0.15) is 23.0 Å². The van der Waals surface area contributed by atoms with Gasteiger partial charge in [-0.25, -0.2) is 9.37 Å². The summed E-state index contributed by atoms with van der Waals surface area (Å²) in [4.78, 5) is 28.9. The molecule has 1 N–H and O–H groups in total. The van der Waals surface area contributed by atoms with Crippen molar-refractivity contribution in [3.63, 3.8) is 0 Å². The van der Waals surface area contributed by atoms with Gasteiger partial charge in [0.25, 0.3) is 5.56 Å². The van der Waals surface area contributed by atoms with Crippen molar-refractivity contribution in [1.29, 1.82) is 0 Å². The number of aromatic nitrogens is 2. The zero-order valence-corrected chi connectivity index (χ0v) is 8.80. The molecule has 0 aliphatic carbocycles. The minimum absolute atomic E-state index is 0.0116. The third-order valence-corrected chi connectivity index (χ3v) is 2.34. The molecule has 0 saturated carbocycles. The molecular formula is C11H9FN2O2. The van der Waals surface area contributed by atoms with E-state index in [9.17, 15) is 14.0 Å². The van der Waals surface area contributed by atoms with Crippen molar-refractivity contribution in [1.82, 2.24) is 9.97 Å². The van der Waals surface area contributed by atoms with Gasteiger partial charge in [-0.15, -0.1) is 0 Å². The van der Waals surface area contributed by atoms with Gasteiger partial charge in [0.15, 0.2) is 5.78 Å². The number of hydrogen-bond acceptors (Lipinski definition) is 3. The summed E-state index contributed by atoms with van der Waals surface area (Å²) in [7, 11) is 0. The van der Waals surface area contributed by atoms with E-state index in [4.69, 9.17) is 0 Å². The smallest absolute Gasteiger partial charge is 0.260 e. The molecule has 0 aromatic carbocycles. The molecule has 2 aromatic heterocycles. The Morgan fingerprint density at radius 3 is 2.75 bits per heavy atom. The number of nitrogens with zero attached hydrogens (tertiary/aromatic N) is 1. The highest BCUT2D eigenvalue weighted by atomic mass is 19.1. The first kappa shape index (κ1) is 10.5. The Labute approximate surface area is 90.1 Å². The van der Waals surface area contributed by atoms with Gasteiger partial charge in [0.1, 0.15) is 11.5 Å². The van der Waals surface area contributed by atoms with Crippen LogP contribution >= 0.6 is 0 Å². The van der Waals surface area contributed by atoms with E-state index in [0.717, 1.165) is 0 Å². The van der Waals surface area contributed by atoms with E-state index in [1.807, 2.05) is 0 Å². The predicted octanol–water partition coefficient (Wildman–Crippen LogP) is 1.57. The second-order valence-corrected chi connectivity index (χ2v) is 3.56. The van der Waals surface area contributed by atoms with E-state index in [-0.39, 0.29) is 22.7 Å². The van der Waals surface area contributed by atoms with E-state index < -0.39 is 11.4 Å². The number of Topliss-reactive ketones (excluding diaryl/α,β-unsaturated/α-hetero) is 1. The van der Waals surface area contributed by atoms with Crippen LogP contribution in [0.4, 0.5) is 4.39 Å². The zero-order chi connectivity index (χ0) is 11.9. The summed E-state index contributed by atoms with van der Waals surface area (Å²) in [5, 5.41) is 0.410. The van der Waals surface area contributed by atoms with Crippen molar-refractivity contribution in [2.24, 2.45) is 0 Å². The molecule has 0 aliphatic rings. The maximum absolute atomic E-state index is 13.2. The molecule has 5 heteroatoms. The molecule has 16 heavy (non-hydrogen) atoms. The average molecular weight is 220 g/mol. The fourth-order valence-corrected chi connectivity index (χ4v) is 1.46. The van der Waals surface area contributed by atoms with E-state index in [1.165, 1.54) is 26.0 Å². The Hall–Kier alpha value is -2.04. The van der Waals surface area contributed by atoms with Crippen molar-refractivity contribution < 1.29 is 9.18 Å². The highest BCUT2D eigenvalue weighted by molar-refractivity contribution is 5.96. The standard InChI is InChI=1S/C11H9FN2O2/c1-5-9(12)4-7-3-8(6(2)15)11(16)14-10(7)13-5/h3-4H,1-2H3,(H,13,14,16). The first-order valence-corrected chi connectivity index (χ1v) is 4.70. The topological polar surface area (TPSA) is 62.8 Å². The Morgan fingerprint density at radius 1 is 1.44 bits per heavy atom. The molecule has 2 heterocycles. The summed E-state index contributed by atoms with van der Waals surface area (Å²) >= 11 is 0. The van der Waals surface area contributed by atoms with Gasteiger partial charge >= 0.3 is 0 Å². The molecule has 0 aliphatic heterocycles. The number of aryl methyl sites for hydroxylation is 1. The molecule has 0 radical (unpaired) electrons.